The van der Waals surface area contributed by atoms with E-state index in [0.29, 0.717) is 16.4 Å². The third-order valence-corrected chi connectivity index (χ3v) is 7.87. The number of hydrogen-bond acceptors (Lipinski definition) is 8. The van der Waals surface area contributed by atoms with E-state index in [4.69, 9.17) is 4.74 Å². The van der Waals surface area contributed by atoms with Crippen molar-refractivity contribution < 1.29 is 22.7 Å². The van der Waals surface area contributed by atoms with Crippen LogP contribution in [-0.2, 0) is 14.8 Å². The van der Waals surface area contributed by atoms with Gasteiger partial charge in [-0.25, -0.2) is 18.2 Å². The first-order chi connectivity index (χ1) is 16.4. The summed E-state index contributed by atoms with van der Waals surface area (Å²) in [6, 6.07) is 9.43. The minimum absolute atomic E-state index is 0.0850. The number of nitrogens with one attached hydrogen (secondary N) is 1. The summed E-state index contributed by atoms with van der Waals surface area (Å²) in [6.45, 7) is 2.85. The number of rotatable bonds is 6. The number of piperazine rings is 1. The summed E-state index contributed by atoms with van der Waals surface area (Å²) in [6.07, 6.45) is 2.92. The number of pyridine rings is 1. The van der Waals surface area contributed by atoms with E-state index < -0.39 is 16.1 Å². The second kappa shape index (κ2) is 10.3. The molecule has 3 aromatic rings. The summed E-state index contributed by atoms with van der Waals surface area (Å²) in [5, 5.41) is 4.99. The molecule has 0 atom stereocenters. The summed E-state index contributed by atoms with van der Waals surface area (Å²) in [5.74, 6) is -0.390. The highest BCUT2D eigenvalue weighted by Gasteiger charge is 2.30. The Bertz CT molecular complexity index is 1250. The van der Waals surface area contributed by atoms with Crippen LogP contribution in [0, 0.1) is 0 Å². The lowest BCUT2D eigenvalue weighted by Gasteiger charge is -2.33. The van der Waals surface area contributed by atoms with Crippen molar-refractivity contribution in [2.24, 2.45) is 0 Å². The molecule has 1 N–H and O–H groups in total. The topological polar surface area (TPSA) is 122 Å². The number of thiazole rings is 1. The van der Waals surface area contributed by atoms with E-state index in [1.54, 1.807) is 19.3 Å². The van der Waals surface area contributed by atoms with Crippen LogP contribution in [0.5, 0.6) is 0 Å². The normalized spacial score (nSPS) is 14.6. The van der Waals surface area contributed by atoms with Gasteiger partial charge in [0.15, 0.2) is 5.13 Å². The van der Waals surface area contributed by atoms with E-state index in [0.717, 1.165) is 5.56 Å². The minimum Gasteiger partial charge on any atom is -0.450 e. The molecule has 10 nitrogen and oxygen atoms in total. The fraction of sp³-hybridized carbons (Fsp3) is 0.273. The smallest absolute Gasteiger partial charge is 0.409 e. The van der Waals surface area contributed by atoms with Crippen LogP contribution in [0.2, 0.25) is 0 Å². The van der Waals surface area contributed by atoms with Crippen molar-refractivity contribution in [3.8, 4) is 11.3 Å². The predicted molar refractivity (Wildman–Crippen MR) is 127 cm³/mol. The molecule has 1 fully saturated rings. The maximum absolute atomic E-state index is 13.0. The van der Waals surface area contributed by atoms with Crippen molar-refractivity contribution >= 4 is 38.5 Å². The molecule has 2 amide bonds. The first kappa shape index (κ1) is 23.8. The van der Waals surface area contributed by atoms with Gasteiger partial charge in [0.05, 0.1) is 17.2 Å². The SMILES string of the molecule is CCOC(=O)N1CCN(S(=O)(=O)c2ccc(C(=O)Nc3nc(-c4cccnc4)cs3)cc2)CC1. The first-order valence-electron chi connectivity index (χ1n) is 10.6. The Kier molecular flexibility index (Phi) is 7.20. The standard InChI is InChI=1S/C22H23N5O5S2/c1-2-32-22(29)26-10-12-27(13-11-26)34(30,31)18-7-5-16(6-8-18)20(28)25-21-24-19(15-33-21)17-4-3-9-23-14-17/h3-9,14-15H,2,10-13H2,1H3,(H,24,25,28). The molecule has 0 aliphatic carbocycles. The quantitative estimate of drug-likeness (QED) is 0.551. The molecule has 12 heteroatoms. The van der Waals surface area contributed by atoms with Gasteiger partial charge in [-0.1, -0.05) is 0 Å². The summed E-state index contributed by atoms with van der Waals surface area (Å²) in [7, 11) is -3.75. The Morgan fingerprint density at radius 3 is 2.50 bits per heavy atom. The summed E-state index contributed by atoms with van der Waals surface area (Å²) >= 11 is 1.29. The van der Waals surface area contributed by atoms with Crippen LogP contribution in [0.3, 0.4) is 0 Å². The van der Waals surface area contributed by atoms with E-state index in [1.165, 1.54) is 44.8 Å². The van der Waals surface area contributed by atoms with E-state index in [2.05, 4.69) is 15.3 Å². The highest BCUT2D eigenvalue weighted by Crippen LogP contribution is 2.25. The lowest BCUT2D eigenvalue weighted by Crippen LogP contribution is -2.50. The molecular formula is C22H23N5O5S2. The third-order valence-electron chi connectivity index (χ3n) is 5.20. The number of benzene rings is 1. The van der Waals surface area contributed by atoms with Crippen LogP contribution in [-0.4, -0.2) is 72.4 Å². The van der Waals surface area contributed by atoms with Crippen molar-refractivity contribution in [2.45, 2.75) is 11.8 Å². The molecule has 1 aliphatic heterocycles. The zero-order valence-electron chi connectivity index (χ0n) is 18.4. The molecule has 1 aromatic carbocycles. The second-order valence-electron chi connectivity index (χ2n) is 7.35. The Morgan fingerprint density at radius 1 is 1.12 bits per heavy atom. The molecule has 0 bridgehead atoms. The van der Waals surface area contributed by atoms with Crippen molar-refractivity contribution in [3.63, 3.8) is 0 Å². The van der Waals surface area contributed by atoms with Gasteiger partial charge in [-0.05, 0) is 43.3 Å². The molecule has 178 valence electrons. The van der Waals surface area contributed by atoms with Gasteiger partial charge in [0.25, 0.3) is 5.91 Å². The maximum atomic E-state index is 13.0. The molecule has 3 heterocycles. The lowest BCUT2D eigenvalue weighted by atomic mass is 10.2. The van der Waals surface area contributed by atoms with Crippen molar-refractivity contribution in [1.29, 1.82) is 0 Å². The molecule has 0 unspecified atom stereocenters. The summed E-state index contributed by atoms with van der Waals surface area (Å²) in [4.78, 5) is 34.5. The zero-order chi connectivity index (χ0) is 24.1. The molecule has 1 saturated heterocycles. The van der Waals surface area contributed by atoms with Gasteiger partial charge in [0.1, 0.15) is 0 Å². The third kappa shape index (κ3) is 5.24. The average molecular weight is 502 g/mol. The number of ether oxygens (including phenoxy) is 1. The number of sulfonamides is 1. The van der Waals surface area contributed by atoms with Crippen LogP contribution >= 0.6 is 11.3 Å². The molecule has 0 spiro atoms. The number of carbonyl (C=O) groups excluding carboxylic acids is 2. The van der Waals surface area contributed by atoms with Gasteiger partial charge in [-0.15, -0.1) is 11.3 Å². The largest absolute Gasteiger partial charge is 0.450 e. The van der Waals surface area contributed by atoms with Gasteiger partial charge >= 0.3 is 6.09 Å². The van der Waals surface area contributed by atoms with E-state index >= 15 is 0 Å². The predicted octanol–water partition coefficient (Wildman–Crippen LogP) is 2.92. The average Bonchev–Trinajstić information content (AvgIpc) is 3.33. The van der Waals surface area contributed by atoms with Crippen LogP contribution in [0.15, 0.2) is 59.1 Å². The lowest BCUT2D eigenvalue weighted by molar-refractivity contribution is 0.0933. The van der Waals surface area contributed by atoms with Crippen molar-refractivity contribution in [1.82, 2.24) is 19.2 Å². The fourth-order valence-corrected chi connectivity index (χ4v) is 5.54. The number of carbonyl (C=O) groups is 2. The van der Waals surface area contributed by atoms with E-state index in [9.17, 15) is 18.0 Å². The van der Waals surface area contributed by atoms with Crippen LogP contribution in [0.25, 0.3) is 11.3 Å². The van der Waals surface area contributed by atoms with E-state index in [-0.39, 0.29) is 43.6 Å². The Hall–Kier alpha value is -3.35. The van der Waals surface area contributed by atoms with Crippen molar-refractivity contribution in [2.75, 3.05) is 38.1 Å². The molecule has 34 heavy (non-hydrogen) atoms. The second-order valence-corrected chi connectivity index (χ2v) is 10.1. The monoisotopic (exact) mass is 501 g/mol. The van der Waals surface area contributed by atoms with Crippen molar-refractivity contribution in [3.05, 3.63) is 59.7 Å². The molecule has 0 radical (unpaired) electrons. The number of hydrogen-bond donors (Lipinski definition) is 1. The van der Waals surface area contributed by atoms with Gasteiger partial charge in [-0.3, -0.25) is 15.1 Å². The van der Waals surface area contributed by atoms with Crippen LogP contribution in [0.1, 0.15) is 17.3 Å². The highest BCUT2D eigenvalue weighted by atomic mass is 32.2. The minimum atomic E-state index is -3.75. The zero-order valence-corrected chi connectivity index (χ0v) is 20.0. The number of anilines is 1. The molecule has 1 aliphatic rings. The molecule has 2 aromatic heterocycles. The molecule has 0 saturated carbocycles. The molecule has 4 rings (SSSR count). The Balaban J connectivity index is 1.38. The van der Waals surface area contributed by atoms with Gasteiger partial charge in [-0.2, -0.15) is 4.31 Å². The first-order valence-corrected chi connectivity index (χ1v) is 12.9. The summed E-state index contributed by atoms with van der Waals surface area (Å²) < 4.78 is 32.2. The molecular weight excluding hydrogens is 478 g/mol. The maximum Gasteiger partial charge on any atom is 0.409 e. The van der Waals surface area contributed by atoms with E-state index in [1.807, 2.05) is 17.5 Å². The number of nitrogens with zero attached hydrogens (tertiary/aromatic N) is 4. The Morgan fingerprint density at radius 2 is 1.85 bits per heavy atom. The van der Waals surface area contributed by atoms with Gasteiger partial charge in [0.2, 0.25) is 10.0 Å². The fourth-order valence-electron chi connectivity index (χ4n) is 3.40. The van der Waals surface area contributed by atoms with Crippen LogP contribution in [0.4, 0.5) is 9.93 Å². The van der Waals surface area contributed by atoms with Gasteiger partial charge in [0, 0.05) is 55.1 Å². The highest BCUT2D eigenvalue weighted by molar-refractivity contribution is 7.89. The Labute approximate surface area is 201 Å². The van der Waals surface area contributed by atoms with Gasteiger partial charge < -0.3 is 9.64 Å². The number of aromatic nitrogens is 2. The number of amides is 2. The summed E-state index contributed by atoms with van der Waals surface area (Å²) in [5.41, 5.74) is 1.86. The van der Waals surface area contributed by atoms with Crippen LogP contribution < -0.4 is 5.32 Å².